The average molecular weight is 251 g/mol. The summed E-state index contributed by atoms with van der Waals surface area (Å²) in [6, 6.07) is 10.6. The molecule has 0 spiro atoms. The van der Waals surface area contributed by atoms with Gasteiger partial charge in [-0.1, -0.05) is 57.0 Å². The first kappa shape index (κ1) is 14.6. The van der Waals surface area contributed by atoms with Crippen molar-refractivity contribution in [1.82, 2.24) is 0 Å². The van der Waals surface area contributed by atoms with Crippen LogP contribution in [0.1, 0.15) is 51.1 Å². The zero-order valence-electron chi connectivity index (χ0n) is 11.1. The van der Waals surface area contributed by atoms with Crippen LogP contribution >= 0.6 is 11.8 Å². The molecule has 2 heteroatoms. The number of hydrogen-bond donors (Lipinski definition) is 1. The minimum absolute atomic E-state index is 0.174. The van der Waals surface area contributed by atoms with Crippen molar-refractivity contribution in [3.05, 3.63) is 35.9 Å². The first-order valence-electron chi connectivity index (χ1n) is 6.71. The fraction of sp³-hybridized carbons (Fsp3) is 0.600. The van der Waals surface area contributed by atoms with Gasteiger partial charge in [0.25, 0.3) is 0 Å². The van der Waals surface area contributed by atoms with Crippen molar-refractivity contribution in [2.75, 3.05) is 5.75 Å². The molecule has 0 amide bonds. The van der Waals surface area contributed by atoms with E-state index in [-0.39, 0.29) is 6.04 Å². The van der Waals surface area contributed by atoms with E-state index < -0.39 is 0 Å². The molecule has 96 valence electrons. The molecule has 0 radical (unpaired) electrons. The predicted molar refractivity (Wildman–Crippen MR) is 79.4 cm³/mol. The van der Waals surface area contributed by atoms with Gasteiger partial charge in [-0.2, -0.15) is 11.8 Å². The number of thioether (sulfide) groups is 1. The number of benzene rings is 1. The smallest absolute Gasteiger partial charge is 0.0415 e. The third-order valence-corrected chi connectivity index (χ3v) is 4.65. The Morgan fingerprint density at radius 3 is 2.41 bits per heavy atom. The van der Waals surface area contributed by atoms with Crippen LogP contribution in [0.3, 0.4) is 0 Å². The van der Waals surface area contributed by atoms with Crippen LogP contribution in [0, 0.1) is 0 Å². The van der Waals surface area contributed by atoms with Crippen LogP contribution in [0.25, 0.3) is 0 Å². The van der Waals surface area contributed by atoms with Crippen molar-refractivity contribution >= 4 is 11.8 Å². The summed E-state index contributed by atoms with van der Waals surface area (Å²) in [6.45, 7) is 4.48. The molecule has 0 fully saturated rings. The highest BCUT2D eigenvalue weighted by molar-refractivity contribution is 7.99. The summed E-state index contributed by atoms with van der Waals surface area (Å²) in [6.07, 6.45) is 5.10. The molecule has 0 saturated heterocycles. The number of unbranched alkanes of at least 4 members (excludes halogenated alkanes) is 2. The van der Waals surface area contributed by atoms with E-state index in [0.29, 0.717) is 5.25 Å². The third-order valence-electron chi connectivity index (χ3n) is 3.07. The largest absolute Gasteiger partial charge is 0.323 e. The highest BCUT2D eigenvalue weighted by atomic mass is 32.2. The average Bonchev–Trinajstić information content (AvgIpc) is 2.39. The van der Waals surface area contributed by atoms with Gasteiger partial charge >= 0.3 is 0 Å². The molecular formula is C15H25NS. The van der Waals surface area contributed by atoms with E-state index in [4.69, 9.17) is 5.73 Å². The van der Waals surface area contributed by atoms with Gasteiger partial charge in [0.2, 0.25) is 0 Å². The highest BCUT2D eigenvalue weighted by Gasteiger charge is 2.17. The summed E-state index contributed by atoms with van der Waals surface area (Å²) in [5.41, 5.74) is 7.61. The second kappa shape index (κ2) is 8.60. The fourth-order valence-corrected chi connectivity index (χ4v) is 3.23. The van der Waals surface area contributed by atoms with Crippen LogP contribution < -0.4 is 5.73 Å². The van der Waals surface area contributed by atoms with Crippen molar-refractivity contribution in [3.63, 3.8) is 0 Å². The molecule has 0 aliphatic heterocycles. The zero-order chi connectivity index (χ0) is 12.5. The van der Waals surface area contributed by atoms with E-state index >= 15 is 0 Å². The molecule has 1 rings (SSSR count). The van der Waals surface area contributed by atoms with Gasteiger partial charge in [0.1, 0.15) is 0 Å². The van der Waals surface area contributed by atoms with E-state index in [1.807, 2.05) is 17.8 Å². The topological polar surface area (TPSA) is 26.0 Å². The van der Waals surface area contributed by atoms with E-state index in [2.05, 4.69) is 38.1 Å². The van der Waals surface area contributed by atoms with Crippen molar-refractivity contribution in [1.29, 1.82) is 0 Å². The lowest BCUT2D eigenvalue weighted by atomic mass is 10.0. The van der Waals surface area contributed by atoms with Gasteiger partial charge in [0.05, 0.1) is 0 Å². The Labute approximate surface area is 110 Å². The van der Waals surface area contributed by atoms with Gasteiger partial charge in [0, 0.05) is 11.3 Å². The lowest BCUT2D eigenvalue weighted by Gasteiger charge is -2.22. The van der Waals surface area contributed by atoms with Crippen LogP contribution in [0.15, 0.2) is 30.3 Å². The first-order valence-corrected chi connectivity index (χ1v) is 7.76. The van der Waals surface area contributed by atoms with Crippen molar-refractivity contribution in [2.24, 2.45) is 5.73 Å². The Kier molecular flexibility index (Phi) is 7.38. The number of nitrogens with two attached hydrogens (primary N) is 1. The van der Waals surface area contributed by atoms with Gasteiger partial charge < -0.3 is 5.73 Å². The van der Waals surface area contributed by atoms with E-state index in [1.54, 1.807) is 0 Å². The summed E-state index contributed by atoms with van der Waals surface area (Å²) in [4.78, 5) is 0. The Hall–Kier alpha value is -0.470. The molecule has 0 saturated carbocycles. The van der Waals surface area contributed by atoms with Gasteiger partial charge in [-0.3, -0.25) is 0 Å². The van der Waals surface area contributed by atoms with Crippen LogP contribution in [0.2, 0.25) is 0 Å². The van der Waals surface area contributed by atoms with Crippen molar-refractivity contribution < 1.29 is 0 Å². The van der Waals surface area contributed by atoms with Gasteiger partial charge in [0.15, 0.2) is 0 Å². The van der Waals surface area contributed by atoms with Crippen LogP contribution in [-0.4, -0.2) is 11.0 Å². The Morgan fingerprint density at radius 1 is 1.12 bits per heavy atom. The van der Waals surface area contributed by atoms with Gasteiger partial charge in [-0.05, 0) is 24.2 Å². The molecule has 17 heavy (non-hydrogen) atoms. The normalized spacial score (nSPS) is 14.5. The standard InChI is InChI=1S/C15H25NS/c1-3-5-9-12-17-14(4-2)15(16)13-10-7-6-8-11-13/h6-8,10-11,14-15H,3-5,9,12,16H2,1-2H3. The number of rotatable bonds is 8. The van der Waals surface area contributed by atoms with E-state index in [1.165, 1.54) is 30.6 Å². The lowest BCUT2D eigenvalue weighted by Crippen LogP contribution is -2.23. The molecule has 0 aliphatic rings. The maximum Gasteiger partial charge on any atom is 0.0415 e. The predicted octanol–water partition coefficient (Wildman–Crippen LogP) is 4.39. The molecule has 0 aliphatic carbocycles. The maximum absolute atomic E-state index is 6.34. The summed E-state index contributed by atoms with van der Waals surface area (Å²) in [5.74, 6) is 1.24. The molecule has 0 bridgehead atoms. The maximum atomic E-state index is 6.34. The minimum atomic E-state index is 0.174. The molecule has 2 N–H and O–H groups in total. The molecule has 0 heterocycles. The second-order valence-electron chi connectivity index (χ2n) is 4.46. The Balaban J connectivity index is 2.44. The highest BCUT2D eigenvalue weighted by Crippen LogP contribution is 2.27. The van der Waals surface area contributed by atoms with Crippen LogP contribution in [0.5, 0.6) is 0 Å². The minimum Gasteiger partial charge on any atom is -0.323 e. The molecule has 1 aromatic carbocycles. The van der Waals surface area contributed by atoms with Crippen molar-refractivity contribution in [3.8, 4) is 0 Å². The molecule has 2 atom stereocenters. The molecular weight excluding hydrogens is 226 g/mol. The quantitative estimate of drug-likeness (QED) is 0.693. The van der Waals surface area contributed by atoms with Crippen molar-refractivity contribution in [2.45, 2.75) is 50.8 Å². The third kappa shape index (κ3) is 5.13. The summed E-state index contributed by atoms with van der Waals surface area (Å²) in [7, 11) is 0. The van der Waals surface area contributed by atoms with Gasteiger partial charge in [-0.15, -0.1) is 0 Å². The van der Waals surface area contributed by atoms with E-state index in [0.717, 1.165) is 6.42 Å². The molecule has 1 nitrogen and oxygen atoms in total. The van der Waals surface area contributed by atoms with Gasteiger partial charge in [-0.25, -0.2) is 0 Å². The second-order valence-corrected chi connectivity index (χ2v) is 5.81. The SMILES string of the molecule is CCCCCSC(CC)C(N)c1ccccc1. The number of hydrogen-bond acceptors (Lipinski definition) is 2. The van der Waals surface area contributed by atoms with Crippen LogP contribution in [-0.2, 0) is 0 Å². The summed E-state index contributed by atoms with van der Waals surface area (Å²) >= 11 is 2.04. The summed E-state index contributed by atoms with van der Waals surface area (Å²) < 4.78 is 0. The Morgan fingerprint density at radius 2 is 1.82 bits per heavy atom. The Bertz CT molecular complexity index is 286. The monoisotopic (exact) mass is 251 g/mol. The first-order chi connectivity index (χ1) is 8.29. The zero-order valence-corrected chi connectivity index (χ0v) is 11.9. The molecule has 2 unspecified atom stereocenters. The lowest BCUT2D eigenvalue weighted by molar-refractivity contribution is 0.654. The summed E-state index contributed by atoms with van der Waals surface area (Å²) in [5, 5.41) is 0.550. The van der Waals surface area contributed by atoms with Crippen LogP contribution in [0.4, 0.5) is 0 Å². The molecule has 0 aromatic heterocycles. The molecule has 1 aromatic rings. The fourth-order valence-electron chi connectivity index (χ4n) is 1.95. The van der Waals surface area contributed by atoms with E-state index in [9.17, 15) is 0 Å².